The maximum Gasteiger partial charge on any atom is 0.123 e. The fraction of sp³-hybridized carbons (Fsp3) is 0.400. The Morgan fingerprint density at radius 2 is 2.00 bits per heavy atom. The Kier molecular flexibility index (Phi) is 4.25. The van der Waals surface area contributed by atoms with Crippen LogP contribution in [0.3, 0.4) is 0 Å². The predicted octanol–water partition coefficient (Wildman–Crippen LogP) is 2.53. The van der Waals surface area contributed by atoms with Crippen molar-refractivity contribution in [2.75, 3.05) is 12.8 Å². The molecule has 1 nitrogen and oxygen atoms in total. The highest BCUT2D eigenvalue weighted by Crippen LogP contribution is 2.18. The fourth-order valence-electron chi connectivity index (χ4n) is 0.835. The molecule has 0 aliphatic carbocycles. The van der Waals surface area contributed by atoms with Crippen molar-refractivity contribution in [2.45, 2.75) is 17.9 Å². The van der Waals surface area contributed by atoms with Gasteiger partial charge in [-0.25, -0.2) is 4.39 Å². The molecular formula is C10H14FNS. The van der Waals surface area contributed by atoms with Crippen LogP contribution in [-0.2, 0) is 0 Å². The van der Waals surface area contributed by atoms with Crippen molar-refractivity contribution in [2.24, 2.45) is 0 Å². The summed E-state index contributed by atoms with van der Waals surface area (Å²) in [4.78, 5) is 1.11. The molecule has 0 amide bonds. The summed E-state index contributed by atoms with van der Waals surface area (Å²) in [7, 11) is 1.94. The molecule has 0 aliphatic rings. The molecule has 13 heavy (non-hydrogen) atoms. The highest BCUT2D eigenvalue weighted by Gasteiger charge is 1.99. The van der Waals surface area contributed by atoms with Crippen LogP contribution in [0.4, 0.5) is 4.39 Å². The first-order valence-corrected chi connectivity index (χ1v) is 5.26. The minimum absolute atomic E-state index is 0.175. The smallest absolute Gasteiger partial charge is 0.123 e. The fourth-order valence-corrected chi connectivity index (χ4v) is 1.77. The number of rotatable bonds is 4. The second-order valence-electron chi connectivity index (χ2n) is 2.95. The quantitative estimate of drug-likeness (QED) is 0.748. The van der Waals surface area contributed by atoms with Gasteiger partial charge in [0.1, 0.15) is 5.82 Å². The van der Waals surface area contributed by atoms with E-state index in [1.165, 1.54) is 12.1 Å². The lowest BCUT2D eigenvalue weighted by Gasteiger charge is -2.08. The zero-order chi connectivity index (χ0) is 9.68. The summed E-state index contributed by atoms with van der Waals surface area (Å²) in [5, 5.41) is 3.15. The molecule has 0 saturated heterocycles. The molecule has 0 spiro atoms. The van der Waals surface area contributed by atoms with E-state index < -0.39 is 0 Å². The van der Waals surface area contributed by atoms with Crippen LogP contribution >= 0.6 is 11.8 Å². The van der Waals surface area contributed by atoms with Crippen molar-refractivity contribution >= 4 is 11.8 Å². The van der Waals surface area contributed by atoms with Gasteiger partial charge in [-0.3, -0.25) is 0 Å². The zero-order valence-electron chi connectivity index (χ0n) is 7.88. The summed E-state index contributed by atoms with van der Waals surface area (Å²) in [5.41, 5.74) is 0. The Bertz CT molecular complexity index is 248. The molecule has 1 rings (SSSR count). The summed E-state index contributed by atoms with van der Waals surface area (Å²) in [6.07, 6.45) is 0. The number of thioether (sulfide) groups is 1. The summed E-state index contributed by atoms with van der Waals surface area (Å²) < 4.78 is 12.5. The number of hydrogen-bond donors (Lipinski definition) is 1. The third-order valence-corrected chi connectivity index (χ3v) is 3.08. The summed E-state index contributed by atoms with van der Waals surface area (Å²) in [6, 6.07) is 7.08. The van der Waals surface area contributed by atoms with E-state index in [-0.39, 0.29) is 5.82 Å². The second-order valence-corrected chi connectivity index (χ2v) is 4.05. The van der Waals surface area contributed by atoms with Gasteiger partial charge in [0, 0.05) is 16.7 Å². The van der Waals surface area contributed by atoms with E-state index in [4.69, 9.17) is 0 Å². The normalized spacial score (nSPS) is 12.8. The Balaban J connectivity index is 2.41. The monoisotopic (exact) mass is 199 g/mol. The summed E-state index contributed by atoms with van der Waals surface area (Å²) >= 11 is 1.73. The van der Waals surface area contributed by atoms with Crippen molar-refractivity contribution in [3.05, 3.63) is 30.1 Å². The maximum atomic E-state index is 12.5. The first-order chi connectivity index (χ1) is 6.22. The third kappa shape index (κ3) is 3.79. The lowest BCUT2D eigenvalue weighted by atomic mass is 10.3. The van der Waals surface area contributed by atoms with Gasteiger partial charge in [0.25, 0.3) is 0 Å². The van der Waals surface area contributed by atoms with Gasteiger partial charge in [-0.2, -0.15) is 0 Å². The predicted molar refractivity (Wildman–Crippen MR) is 55.6 cm³/mol. The van der Waals surface area contributed by atoms with Crippen molar-refractivity contribution < 1.29 is 4.39 Å². The van der Waals surface area contributed by atoms with Crippen molar-refractivity contribution in [3.8, 4) is 0 Å². The number of nitrogens with one attached hydrogen (secondary N) is 1. The third-order valence-electron chi connectivity index (χ3n) is 1.81. The number of benzene rings is 1. The molecule has 0 aliphatic heterocycles. The van der Waals surface area contributed by atoms with Crippen LogP contribution in [0.1, 0.15) is 6.92 Å². The lowest BCUT2D eigenvalue weighted by molar-refractivity contribution is 0.626. The Morgan fingerprint density at radius 3 is 2.54 bits per heavy atom. The molecule has 1 aromatic carbocycles. The van der Waals surface area contributed by atoms with E-state index in [2.05, 4.69) is 12.2 Å². The average molecular weight is 199 g/mol. The lowest BCUT2D eigenvalue weighted by Crippen LogP contribution is -2.23. The van der Waals surface area contributed by atoms with Gasteiger partial charge in [-0.15, -0.1) is 11.8 Å². The van der Waals surface area contributed by atoms with E-state index in [1.54, 1.807) is 11.8 Å². The molecule has 0 radical (unpaired) electrons. The first-order valence-electron chi connectivity index (χ1n) is 4.28. The van der Waals surface area contributed by atoms with Gasteiger partial charge in [0.05, 0.1) is 0 Å². The van der Waals surface area contributed by atoms with Crippen LogP contribution in [0.2, 0.25) is 0 Å². The molecule has 0 unspecified atom stereocenters. The Morgan fingerprint density at radius 1 is 1.38 bits per heavy atom. The SMILES string of the molecule is CN[C@@H](C)CSc1ccc(F)cc1. The molecule has 0 bridgehead atoms. The van der Waals surface area contributed by atoms with E-state index in [0.29, 0.717) is 6.04 Å². The van der Waals surface area contributed by atoms with Gasteiger partial charge in [0.15, 0.2) is 0 Å². The standard InChI is InChI=1S/C10H14FNS/c1-8(12-2)7-13-10-5-3-9(11)4-6-10/h3-6,8,12H,7H2,1-2H3/t8-/m0/s1. The molecular weight excluding hydrogens is 185 g/mol. The van der Waals surface area contributed by atoms with Crippen LogP contribution in [-0.4, -0.2) is 18.8 Å². The maximum absolute atomic E-state index is 12.5. The van der Waals surface area contributed by atoms with Crippen LogP contribution in [0, 0.1) is 5.82 Å². The van der Waals surface area contributed by atoms with Gasteiger partial charge in [-0.05, 0) is 38.2 Å². The molecule has 3 heteroatoms. The minimum Gasteiger partial charge on any atom is -0.316 e. The van der Waals surface area contributed by atoms with Gasteiger partial charge in [-0.1, -0.05) is 0 Å². The summed E-state index contributed by atoms with van der Waals surface area (Å²) in [5.74, 6) is 0.827. The van der Waals surface area contributed by atoms with E-state index in [0.717, 1.165) is 10.6 Å². The molecule has 1 N–H and O–H groups in total. The van der Waals surface area contributed by atoms with Crippen LogP contribution < -0.4 is 5.32 Å². The zero-order valence-corrected chi connectivity index (χ0v) is 8.70. The van der Waals surface area contributed by atoms with Crippen LogP contribution in [0.15, 0.2) is 29.2 Å². The summed E-state index contributed by atoms with van der Waals surface area (Å²) in [6.45, 7) is 2.12. The molecule has 0 heterocycles. The Labute approximate surface area is 82.7 Å². The molecule has 1 aromatic rings. The molecule has 0 saturated carbocycles. The van der Waals surface area contributed by atoms with Gasteiger partial charge < -0.3 is 5.32 Å². The second kappa shape index (κ2) is 5.25. The van der Waals surface area contributed by atoms with Gasteiger partial charge in [0.2, 0.25) is 0 Å². The molecule has 72 valence electrons. The van der Waals surface area contributed by atoms with Crippen LogP contribution in [0.25, 0.3) is 0 Å². The van der Waals surface area contributed by atoms with E-state index >= 15 is 0 Å². The number of hydrogen-bond acceptors (Lipinski definition) is 2. The largest absolute Gasteiger partial charge is 0.316 e. The van der Waals surface area contributed by atoms with E-state index in [1.807, 2.05) is 19.2 Å². The van der Waals surface area contributed by atoms with Crippen molar-refractivity contribution in [1.29, 1.82) is 0 Å². The highest BCUT2D eigenvalue weighted by molar-refractivity contribution is 7.99. The Hall–Kier alpha value is -0.540. The average Bonchev–Trinajstić information content (AvgIpc) is 2.16. The molecule has 0 fully saturated rings. The minimum atomic E-state index is -0.175. The van der Waals surface area contributed by atoms with Crippen molar-refractivity contribution in [1.82, 2.24) is 5.32 Å². The molecule has 0 aromatic heterocycles. The van der Waals surface area contributed by atoms with Crippen LogP contribution in [0.5, 0.6) is 0 Å². The van der Waals surface area contributed by atoms with E-state index in [9.17, 15) is 4.39 Å². The number of halogens is 1. The van der Waals surface area contributed by atoms with Gasteiger partial charge >= 0.3 is 0 Å². The topological polar surface area (TPSA) is 12.0 Å². The molecule has 1 atom stereocenters. The highest BCUT2D eigenvalue weighted by atomic mass is 32.2. The first kappa shape index (κ1) is 10.5. The van der Waals surface area contributed by atoms with Crippen molar-refractivity contribution in [3.63, 3.8) is 0 Å².